The number of hydrogen-bond donors (Lipinski definition) is 3. The number of carboxylic acids is 2. The minimum atomic E-state index is -3.47. The van der Waals surface area contributed by atoms with Gasteiger partial charge in [0.15, 0.2) is 14.9 Å². The van der Waals surface area contributed by atoms with Gasteiger partial charge in [-0.15, -0.1) is 0 Å². The molecule has 9 nitrogen and oxygen atoms in total. The molecule has 2 aliphatic carbocycles. The Morgan fingerprint density at radius 1 is 1.00 bits per heavy atom. The summed E-state index contributed by atoms with van der Waals surface area (Å²) < 4.78 is 24.3. The number of aromatic carboxylic acids is 2. The van der Waals surface area contributed by atoms with Crippen LogP contribution in [0.5, 0.6) is 0 Å². The van der Waals surface area contributed by atoms with Gasteiger partial charge >= 0.3 is 11.9 Å². The molecule has 2 aromatic rings. The summed E-state index contributed by atoms with van der Waals surface area (Å²) in [5.74, 6) is -1.86. The predicted molar refractivity (Wildman–Crippen MR) is 128 cm³/mol. The SMILES string of the molecule is CC(C)(C)c1c(C(=O)O)cc(Cl)nc1Cl.O=C(O)c1cc(NC2CC2)nc(S(=O)(=O)C2CC2)c1. The molecule has 0 unspecified atom stereocenters. The van der Waals surface area contributed by atoms with Crippen LogP contribution in [0.4, 0.5) is 5.82 Å². The first kappa shape index (κ1) is 26.2. The van der Waals surface area contributed by atoms with Crippen molar-refractivity contribution in [2.75, 3.05) is 5.32 Å². The summed E-state index contributed by atoms with van der Waals surface area (Å²) in [6.45, 7) is 5.61. The molecular formula is C22H25Cl2N3O6S. The molecule has 0 atom stereocenters. The first-order valence-electron chi connectivity index (χ1n) is 10.6. The lowest BCUT2D eigenvalue weighted by Crippen LogP contribution is -2.18. The molecule has 12 heteroatoms. The van der Waals surface area contributed by atoms with Crippen LogP contribution in [0.25, 0.3) is 0 Å². The van der Waals surface area contributed by atoms with Crippen LogP contribution in [-0.4, -0.2) is 51.8 Å². The van der Waals surface area contributed by atoms with Crippen molar-refractivity contribution in [1.29, 1.82) is 0 Å². The van der Waals surface area contributed by atoms with Gasteiger partial charge in [0.2, 0.25) is 0 Å². The van der Waals surface area contributed by atoms with E-state index in [9.17, 15) is 18.0 Å². The highest BCUT2D eigenvalue weighted by Gasteiger charge is 2.38. The predicted octanol–water partition coefficient (Wildman–Crippen LogP) is 4.67. The Morgan fingerprint density at radius 3 is 2.09 bits per heavy atom. The van der Waals surface area contributed by atoms with Gasteiger partial charge in [-0.25, -0.2) is 28.0 Å². The molecule has 0 spiro atoms. The minimum absolute atomic E-state index is 0.0441. The molecule has 184 valence electrons. The van der Waals surface area contributed by atoms with Gasteiger partial charge in [0, 0.05) is 11.6 Å². The van der Waals surface area contributed by atoms with E-state index in [-0.39, 0.29) is 37.9 Å². The van der Waals surface area contributed by atoms with Crippen molar-refractivity contribution in [2.24, 2.45) is 0 Å². The van der Waals surface area contributed by atoms with E-state index < -0.39 is 27.0 Å². The van der Waals surface area contributed by atoms with Crippen LogP contribution in [0.1, 0.15) is 72.7 Å². The van der Waals surface area contributed by atoms with E-state index in [4.69, 9.17) is 33.4 Å². The average Bonchev–Trinajstić information content (AvgIpc) is 3.59. The van der Waals surface area contributed by atoms with Crippen molar-refractivity contribution in [3.63, 3.8) is 0 Å². The van der Waals surface area contributed by atoms with E-state index in [1.54, 1.807) is 0 Å². The van der Waals surface area contributed by atoms with Gasteiger partial charge in [0.05, 0.1) is 16.4 Å². The molecule has 3 N–H and O–H groups in total. The highest BCUT2D eigenvalue weighted by Crippen LogP contribution is 2.34. The number of rotatable bonds is 6. The molecule has 0 saturated heterocycles. The maximum atomic E-state index is 12.1. The number of sulfone groups is 1. The number of nitrogens with one attached hydrogen (secondary N) is 1. The van der Waals surface area contributed by atoms with Gasteiger partial charge in [-0.3, -0.25) is 0 Å². The lowest BCUT2D eigenvalue weighted by Gasteiger charge is -2.22. The van der Waals surface area contributed by atoms with Crippen LogP contribution in [0.15, 0.2) is 23.2 Å². The first-order valence-corrected chi connectivity index (χ1v) is 12.9. The van der Waals surface area contributed by atoms with Crippen LogP contribution < -0.4 is 5.32 Å². The molecule has 0 aromatic carbocycles. The molecule has 2 aliphatic rings. The van der Waals surface area contributed by atoms with E-state index in [1.165, 1.54) is 12.1 Å². The van der Waals surface area contributed by atoms with Crippen LogP contribution >= 0.6 is 23.2 Å². The highest BCUT2D eigenvalue weighted by molar-refractivity contribution is 7.92. The second-order valence-electron chi connectivity index (χ2n) is 9.26. The number of hydrogen-bond acceptors (Lipinski definition) is 7. The molecule has 4 rings (SSSR count). The number of halogens is 2. The zero-order chi connectivity index (χ0) is 25.4. The summed E-state index contributed by atoms with van der Waals surface area (Å²) >= 11 is 11.6. The van der Waals surface area contributed by atoms with Crippen molar-refractivity contribution in [1.82, 2.24) is 9.97 Å². The third-order valence-electron chi connectivity index (χ3n) is 5.16. The maximum absolute atomic E-state index is 12.1. The Hall–Kier alpha value is -2.43. The van der Waals surface area contributed by atoms with Gasteiger partial charge in [-0.05, 0) is 49.3 Å². The fraction of sp³-hybridized carbons (Fsp3) is 0.455. The van der Waals surface area contributed by atoms with E-state index in [2.05, 4.69) is 15.3 Å². The Morgan fingerprint density at radius 2 is 1.62 bits per heavy atom. The summed E-state index contributed by atoms with van der Waals surface area (Å²) in [6, 6.07) is 4.13. The van der Waals surface area contributed by atoms with Gasteiger partial charge in [0.25, 0.3) is 0 Å². The van der Waals surface area contributed by atoms with Gasteiger partial charge in [0.1, 0.15) is 16.1 Å². The largest absolute Gasteiger partial charge is 0.478 e. The van der Waals surface area contributed by atoms with E-state index >= 15 is 0 Å². The summed E-state index contributed by atoms with van der Waals surface area (Å²) in [5.41, 5.74) is 0.175. The Bertz CT molecular complexity index is 1240. The lowest BCUT2D eigenvalue weighted by atomic mass is 9.85. The molecule has 0 radical (unpaired) electrons. The molecule has 2 aromatic heterocycles. The topological polar surface area (TPSA) is 147 Å². The number of aromatic nitrogens is 2. The molecule has 0 bridgehead atoms. The molecule has 0 aliphatic heterocycles. The number of carbonyl (C=O) groups is 2. The van der Waals surface area contributed by atoms with E-state index in [0.717, 1.165) is 18.9 Å². The Labute approximate surface area is 207 Å². The van der Waals surface area contributed by atoms with Crippen molar-refractivity contribution in [2.45, 2.75) is 68.2 Å². The minimum Gasteiger partial charge on any atom is -0.478 e. The second kappa shape index (κ2) is 9.67. The molecule has 0 amide bonds. The monoisotopic (exact) mass is 529 g/mol. The zero-order valence-electron chi connectivity index (χ0n) is 18.8. The van der Waals surface area contributed by atoms with Crippen LogP contribution in [-0.2, 0) is 15.3 Å². The van der Waals surface area contributed by atoms with Crippen molar-refractivity contribution in [3.8, 4) is 0 Å². The van der Waals surface area contributed by atoms with Crippen LogP contribution in [0, 0.1) is 0 Å². The van der Waals surface area contributed by atoms with E-state index in [0.29, 0.717) is 24.2 Å². The second-order valence-corrected chi connectivity index (χ2v) is 12.2. The quantitative estimate of drug-likeness (QED) is 0.453. The third kappa shape index (κ3) is 6.37. The van der Waals surface area contributed by atoms with Gasteiger partial charge < -0.3 is 15.5 Å². The maximum Gasteiger partial charge on any atom is 0.336 e. The van der Waals surface area contributed by atoms with Crippen molar-refractivity contribution < 1.29 is 28.2 Å². The summed E-state index contributed by atoms with van der Waals surface area (Å²) in [6.07, 6.45) is 3.27. The van der Waals surface area contributed by atoms with E-state index in [1.807, 2.05) is 20.8 Å². The summed E-state index contributed by atoms with van der Waals surface area (Å²) in [5, 5.41) is 20.8. The van der Waals surface area contributed by atoms with Crippen LogP contribution in [0.2, 0.25) is 10.3 Å². The number of anilines is 1. The van der Waals surface area contributed by atoms with Gasteiger partial charge in [-0.1, -0.05) is 44.0 Å². The number of carboxylic acid groups (broad SMARTS) is 2. The molecule has 34 heavy (non-hydrogen) atoms. The number of pyridine rings is 2. The lowest BCUT2D eigenvalue weighted by molar-refractivity contribution is 0.0684. The Kier molecular flexibility index (Phi) is 7.45. The fourth-order valence-electron chi connectivity index (χ4n) is 3.20. The Balaban J connectivity index is 0.000000197. The molecule has 2 heterocycles. The van der Waals surface area contributed by atoms with Gasteiger partial charge in [-0.2, -0.15) is 0 Å². The highest BCUT2D eigenvalue weighted by atomic mass is 35.5. The summed E-state index contributed by atoms with van der Waals surface area (Å²) in [7, 11) is -3.47. The fourth-order valence-corrected chi connectivity index (χ4v) is 5.53. The first-order chi connectivity index (χ1) is 15.7. The third-order valence-corrected chi connectivity index (χ3v) is 7.77. The average molecular weight is 530 g/mol. The summed E-state index contributed by atoms with van der Waals surface area (Å²) in [4.78, 5) is 30.0. The van der Waals surface area contributed by atoms with Crippen LogP contribution in [0.3, 0.4) is 0 Å². The molecule has 2 saturated carbocycles. The van der Waals surface area contributed by atoms with Crippen molar-refractivity contribution in [3.05, 3.63) is 45.2 Å². The molecule has 2 fully saturated rings. The normalized spacial score (nSPS) is 15.8. The number of nitrogens with zero attached hydrogens (tertiary/aromatic N) is 2. The standard InChI is InChI=1S/C12H14N2O4S.C10H11Cl2NO2/c15-12(16)7-5-10(13-8-1-2-8)14-11(6-7)19(17,18)9-3-4-9;1-10(2,3)7-5(9(14)15)4-6(11)13-8(7)12/h5-6,8-9H,1-4H2,(H,13,14)(H,15,16);4H,1-3H3,(H,14,15). The zero-order valence-corrected chi connectivity index (χ0v) is 21.1. The smallest absolute Gasteiger partial charge is 0.336 e. The molecular weight excluding hydrogens is 505 g/mol. The van der Waals surface area contributed by atoms with Crippen molar-refractivity contribution >= 4 is 50.8 Å².